The zero-order valence-corrected chi connectivity index (χ0v) is 10.5. The summed E-state index contributed by atoms with van der Waals surface area (Å²) in [5.41, 5.74) is 0.609. The van der Waals surface area contributed by atoms with E-state index in [9.17, 15) is 8.78 Å². The van der Waals surface area contributed by atoms with Gasteiger partial charge in [-0.2, -0.15) is 0 Å². The summed E-state index contributed by atoms with van der Waals surface area (Å²) in [6.07, 6.45) is 1.63. The second kappa shape index (κ2) is 5.44. The zero-order chi connectivity index (χ0) is 13.1. The summed E-state index contributed by atoms with van der Waals surface area (Å²) >= 11 is 6.18. The Balaban J connectivity index is 2.34. The van der Waals surface area contributed by atoms with Gasteiger partial charge in [0.1, 0.15) is 11.6 Å². The third kappa shape index (κ3) is 2.51. The van der Waals surface area contributed by atoms with Gasteiger partial charge in [0.05, 0.1) is 5.38 Å². The van der Waals surface area contributed by atoms with Crippen molar-refractivity contribution in [2.75, 3.05) is 0 Å². The monoisotopic (exact) mass is 267 g/mol. The first-order valence-corrected chi connectivity index (χ1v) is 6.04. The van der Waals surface area contributed by atoms with Gasteiger partial charge in [-0.15, -0.1) is 11.6 Å². The molecule has 0 aliphatic carbocycles. The molecule has 0 spiro atoms. The molecule has 0 amide bonds. The maximum atomic E-state index is 13.6. The van der Waals surface area contributed by atoms with E-state index in [2.05, 4.69) is 4.98 Å². The maximum absolute atomic E-state index is 13.6. The number of alkyl halides is 1. The first-order valence-electron chi connectivity index (χ1n) is 5.60. The summed E-state index contributed by atoms with van der Waals surface area (Å²) in [6, 6.07) is 9.13. The summed E-state index contributed by atoms with van der Waals surface area (Å²) in [6.45, 7) is 1.80. The second-order valence-electron chi connectivity index (χ2n) is 4.08. The van der Waals surface area contributed by atoms with Gasteiger partial charge in [-0.05, 0) is 24.3 Å². The van der Waals surface area contributed by atoms with E-state index in [1.807, 2.05) is 6.07 Å². The van der Waals surface area contributed by atoms with Gasteiger partial charge in [0.2, 0.25) is 0 Å². The molecule has 1 aromatic heterocycles. The summed E-state index contributed by atoms with van der Waals surface area (Å²) in [4.78, 5) is 4.16. The van der Waals surface area contributed by atoms with Crippen molar-refractivity contribution in [3.05, 3.63) is 65.5 Å². The highest BCUT2D eigenvalue weighted by Crippen LogP contribution is 2.37. The van der Waals surface area contributed by atoms with Crippen molar-refractivity contribution >= 4 is 11.6 Å². The van der Waals surface area contributed by atoms with Gasteiger partial charge in [-0.1, -0.05) is 19.1 Å². The van der Waals surface area contributed by atoms with E-state index in [1.54, 1.807) is 25.3 Å². The van der Waals surface area contributed by atoms with E-state index in [0.717, 1.165) is 0 Å². The molecule has 2 atom stereocenters. The molecule has 4 heteroatoms. The normalized spacial score (nSPS) is 14.2. The lowest BCUT2D eigenvalue weighted by molar-refractivity contribution is 0.535. The fourth-order valence-electron chi connectivity index (χ4n) is 1.82. The number of rotatable bonds is 3. The molecule has 0 saturated carbocycles. The number of halogens is 3. The van der Waals surface area contributed by atoms with Crippen molar-refractivity contribution in [1.82, 2.24) is 4.98 Å². The summed E-state index contributed by atoms with van der Waals surface area (Å²) < 4.78 is 27.3. The number of nitrogens with zero attached hydrogens (tertiary/aromatic N) is 1. The van der Waals surface area contributed by atoms with Crippen LogP contribution in [0.5, 0.6) is 0 Å². The summed E-state index contributed by atoms with van der Waals surface area (Å²) in [5.74, 6) is -1.53. The molecule has 0 aliphatic rings. The molecule has 0 radical (unpaired) electrons. The van der Waals surface area contributed by atoms with Crippen LogP contribution in [0.2, 0.25) is 0 Å². The van der Waals surface area contributed by atoms with Crippen LogP contribution >= 0.6 is 11.6 Å². The van der Waals surface area contributed by atoms with Crippen molar-refractivity contribution in [2.45, 2.75) is 18.2 Å². The fraction of sp³-hybridized carbons (Fsp3) is 0.214. The smallest absolute Gasteiger partial charge is 0.130 e. The summed E-state index contributed by atoms with van der Waals surface area (Å²) in [5, 5.41) is -0.791. The van der Waals surface area contributed by atoms with E-state index >= 15 is 0 Å². The van der Waals surface area contributed by atoms with Gasteiger partial charge in [-0.3, -0.25) is 4.98 Å². The Morgan fingerprint density at radius 2 is 1.72 bits per heavy atom. The van der Waals surface area contributed by atoms with Gasteiger partial charge in [0.15, 0.2) is 0 Å². The number of hydrogen-bond acceptors (Lipinski definition) is 1. The van der Waals surface area contributed by atoms with Gasteiger partial charge >= 0.3 is 0 Å². The molecule has 1 aromatic carbocycles. The molecular formula is C14H12ClF2N. The van der Waals surface area contributed by atoms with Crippen LogP contribution in [0.1, 0.15) is 29.5 Å². The predicted molar refractivity (Wildman–Crippen MR) is 67.6 cm³/mol. The Bertz CT molecular complexity index is 510. The van der Waals surface area contributed by atoms with Crippen molar-refractivity contribution in [1.29, 1.82) is 0 Å². The quantitative estimate of drug-likeness (QED) is 0.749. The van der Waals surface area contributed by atoms with Crippen LogP contribution in [0.25, 0.3) is 0 Å². The Morgan fingerprint density at radius 3 is 2.28 bits per heavy atom. The number of hydrogen-bond donors (Lipinski definition) is 0. The molecule has 2 aromatic rings. The molecule has 0 N–H and O–H groups in total. The van der Waals surface area contributed by atoms with Crippen molar-refractivity contribution < 1.29 is 8.78 Å². The van der Waals surface area contributed by atoms with Crippen LogP contribution in [0.15, 0.2) is 42.6 Å². The van der Waals surface area contributed by atoms with Crippen molar-refractivity contribution in [3.8, 4) is 0 Å². The molecule has 2 rings (SSSR count). The number of pyridine rings is 1. The third-order valence-electron chi connectivity index (χ3n) is 2.87. The Hall–Kier alpha value is -1.48. The fourth-order valence-corrected chi connectivity index (χ4v) is 2.16. The maximum Gasteiger partial charge on any atom is 0.130 e. The average molecular weight is 268 g/mol. The first-order chi connectivity index (χ1) is 8.61. The van der Waals surface area contributed by atoms with Gasteiger partial charge in [-0.25, -0.2) is 8.78 Å². The standard InChI is InChI=1S/C14H12ClF2N/c1-9(12-7-2-3-8-18-12)14(15)13-10(16)5-4-6-11(13)17/h2-9,14H,1H3. The van der Waals surface area contributed by atoms with Crippen molar-refractivity contribution in [2.24, 2.45) is 0 Å². The first kappa shape index (κ1) is 13.0. The highest BCUT2D eigenvalue weighted by molar-refractivity contribution is 6.21. The second-order valence-corrected chi connectivity index (χ2v) is 4.55. The largest absolute Gasteiger partial charge is 0.261 e. The highest BCUT2D eigenvalue weighted by Gasteiger charge is 2.25. The van der Waals surface area contributed by atoms with Crippen LogP contribution in [-0.2, 0) is 0 Å². The van der Waals surface area contributed by atoms with E-state index in [4.69, 9.17) is 11.6 Å². The molecule has 0 saturated heterocycles. The predicted octanol–water partition coefficient (Wildman–Crippen LogP) is 4.44. The lowest BCUT2D eigenvalue weighted by Crippen LogP contribution is -2.08. The molecule has 94 valence electrons. The van der Waals surface area contributed by atoms with Gasteiger partial charge in [0, 0.05) is 23.4 Å². The summed E-state index contributed by atoms with van der Waals surface area (Å²) in [7, 11) is 0. The van der Waals surface area contributed by atoms with Crippen LogP contribution < -0.4 is 0 Å². The lowest BCUT2D eigenvalue weighted by Gasteiger charge is -2.18. The minimum atomic E-state index is -0.791. The van der Waals surface area contributed by atoms with E-state index in [-0.39, 0.29) is 11.5 Å². The minimum absolute atomic E-state index is 0.0997. The average Bonchev–Trinajstić information content (AvgIpc) is 2.38. The van der Waals surface area contributed by atoms with E-state index < -0.39 is 17.0 Å². The minimum Gasteiger partial charge on any atom is -0.261 e. The molecule has 18 heavy (non-hydrogen) atoms. The Kier molecular flexibility index (Phi) is 3.92. The topological polar surface area (TPSA) is 12.9 Å². The Morgan fingerprint density at radius 1 is 1.06 bits per heavy atom. The van der Waals surface area contributed by atoms with Gasteiger partial charge in [0.25, 0.3) is 0 Å². The third-order valence-corrected chi connectivity index (χ3v) is 3.46. The van der Waals surface area contributed by atoms with Gasteiger partial charge < -0.3 is 0 Å². The molecule has 0 fully saturated rings. The number of benzene rings is 1. The zero-order valence-electron chi connectivity index (χ0n) is 9.78. The highest BCUT2D eigenvalue weighted by atomic mass is 35.5. The van der Waals surface area contributed by atoms with Crippen molar-refractivity contribution in [3.63, 3.8) is 0 Å². The molecule has 2 unspecified atom stereocenters. The van der Waals surface area contributed by atoms with Crippen LogP contribution in [0, 0.1) is 11.6 Å². The van der Waals surface area contributed by atoms with Crippen LogP contribution in [-0.4, -0.2) is 4.98 Å². The number of aromatic nitrogens is 1. The molecular weight excluding hydrogens is 256 g/mol. The molecule has 1 heterocycles. The lowest BCUT2D eigenvalue weighted by atomic mass is 9.96. The molecule has 0 aliphatic heterocycles. The SMILES string of the molecule is CC(c1ccccn1)C(Cl)c1c(F)cccc1F. The van der Waals surface area contributed by atoms with Crippen LogP contribution in [0.3, 0.4) is 0 Å². The van der Waals surface area contributed by atoms with E-state index in [1.165, 1.54) is 18.2 Å². The molecule has 0 bridgehead atoms. The van der Waals surface area contributed by atoms with E-state index in [0.29, 0.717) is 5.69 Å². The Labute approximate surface area is 109 Å². The van der Waals surface area contributed by atoms with Crippen LogP contribution in [0.4, 0.5) is 8.78 Å². The molecule has 1 nitrogen and oxygen atoms in total.